The lowest BCUT2D eigenvalue weighted by atomic mass is 10.0. The van der Waals surface area contributed by atoms with Crippen LogP contribution in [0.25, 0.3) is 33.6 Å². The van der Waals surface area contributed by atoms with Gasteiger partial charge in [-0.25, -0.2) is 9.97 Å². The Morgan fingerprint density at radius 3 is 1.14 bits per heavy atom. The van der Waals surface area contributed by atoms with E-state index >= 15 is 0 Å². The van der Waals surface area contributed by atoms with Gasteiger partial charge in [-0.3, -0.25) is 9.44 Å². The maximum absolute atomic E-state index is 4.73. The number of aromatic amines is 2. The van der Waals surface area contributed by atoms with Crippen LogP contribution in [0.15, 0.2) is 60.9 Å². The molecule has 0 radical (unpaired) electrons. The minimum atomic E-state index is 0.136. The monoisotopic (exact) mass is 604 g/mol. The van der Waals surface area contributed by atoms with E-state index in [1.807, 2.05) is 12.4 Å². The first-order chi connectivity index (χ1) is 19.7. The topological polar surface area (TPSA) is 81.4 Å². The van der Waals surface area contributed by atoms with Gasteiger partial charge in [0.2, 0.25) is 0 Å². The van der Waals surface area contributed by atoms with E-state index in [-0.39, 0.29) is 21.6 Å². The van der Waals surface area contributed by atoms with Crippen molar-refractivity contribution in [2.24, 2.45) is 11.8 Å². The summed E-state index contributed by atoms with van der Waals surface area (Å²) in [7, 11) is 0. The number of benzene rings is 2. The molecule has 2 aromatic heterocycles. The van der Waals surface area contributed by atoms with Gasteiger partial charge >= 0.3 is 0 Å². The van der Waals surface area contributed by atoms with Crippen molar-refractivity contribution < 1.29 is 0 Å². The van der Waals surface area contributed by atoms with E-state index in [1.54, 1.807) is 23.9 Å². The molecule has 0 saturated heterocycles. The zero-order valence-corrected chi connectivity index (χ0v) is 28.4. The molecule has 42 heavy (non-hydrogen) atoms. The highest BCUT2D eigenvalue weighted by Gasteiger charge is 2.23. The number of rotatable bonds is 11. The summed E-state index contributed by atoms with van der Waals surface area (Å²) in [5, 5.41) is 0. The van der Waals surface area contributed by atoms with E-state index in [0.717, 1.165) is 34.2 Å². The summed E-state index contributed by atoms with van der Waals surface area (Å²) >= 11 is 3.51. The van der Waals surface area contributed by atoms with Gasteiger partial charge in [-0.05, 0) is 75.6 Å². The van der Waals surface area contributed by atoms with Crippen LogP contribution in [0.4, 0.5) is 0 Å². The van der Waals surface area contributed by atoms with Crippen LogP contribution < -0.4 is 9.44 Å². The highest BCUT2D eigenvalue weighted by Crippen LogP contribution is 2.32. The highest BCUT2D eigenvalue weighted by molar-refractivity contribution is 7.98. The van der Waals surface area contributed by atoms with E-state index in [9.17, 15) is 0 Å². The Balaban J connectivity index is 1.44. The quantitative estimate of drug-likeness (QED) is 0.128. The van der Waals surface area contributed by atoms with Crippen molar-refractivity contribution in [3.8, 4) is 33.6 Å². The van der Waals surface area contributed by atoms with Crippen molar-refractivity contribution in [2.75, 3.05) is 0 Å². The van der Waals surface area contributed by atoms with E-state index in [4.69, 9.17) is 9.97 Å². The Hall–Kier alpha value is -2.52. The van der Waals surface area contributed by atoms with Crippen LogP contribution in [0.5, 0.6) is 0 Å². The van der Waals surface area contributed by atoms with Gasteiger partial charge < -0.3 is 9.97 Å². The molecule has 4 N–H and O–H groups in total. The average molecular weight is 605 g/mol. The van der Waals surface area contributed by atoms with Crippen molar-refractivity contribution in [1.29, 1.82) is 0 Å². The second kappa shape index (κ2) is 13.4. The Morgan fingerprint density at radius 1 is 0.548 bits per heavy atom. The predicted octanol–water partition coefficient (Wildman–Crippen LogP) is 9.60. The van der Waals surface area contributed by atoms with Crippen LogP contribution in [0.1, 0.15) is 93.0 Å². The zero-order valence-electron chi connectivity index (χ0n) is 26.8. The maximum Gasteiger partial charge on any atom is 0.124 e. The largest absolute Gasteiger partial charge is 0.341 e. The molecule has 2 atom stereocenters. The van der Waals surface area contributed by atoms with Crippen LogP contribution in [0, 0.1) is 11.8 Å². The Kier molecular flexibility index (Phi) is 10.3. The molecule has 4 aromatic rings. The first kappa shape index (κ1) is 32.4. The molecule has 0 aliphatic carbocycles. The number of hydrogen-bond acceptors (Lipinski definition) is 6. The van der Waals surface area contributed by atoms with Crippen LogP contribution >= 0.6 is 23.9 Å². The molecule has 0 unspecified atom stereocenters. The lowest BCUT2D eigenvalue weighted by Gasteiger charge is -2.25. The van der Waals surface area contributed by atoms with Crippen LogP contribution in [-0.2, 0) is 0 Å². The summed E-state index contributed by atoms with van der Waals surface area (Å²) < 4.78 is 7.52. The van der Waals surface area contributed by atoms with Gasteiger partial charge in [0.25, 0.3) is 0 Å². The summed E-state index contributed by atoms with van der Waals surface area (Å²) in [5.74, 6) is 2.78. The maximum atomic E-state index is 4.73. The molecule has 0 bridgehead atoms. The van der Waals surface area contributed by atoms with E-state index in [2.05, 4.69) is 137 Å². The van der Waals surface area contributed by atoms with E-state index in [0.29, 0.717) is 11.8 Å². The van der Waals surface area contributed by atoms with E-state index < -0.39 is 0 Å². The Bertz CT molecular complexity index is 1300. The molecule has 2 heterocycles. The third-order valence-electron chi connectivity index (χ3n) is 6.82. The van der Waals surface area contributed by atoms with Gasteiger partial charge in [0, 0.05) is 9.49 Å². The summed E-state index contributed by atoms with van der Waals surface area (Å²) in [6.45, 7) is 22.2. The highest BCUT2D eigenvalue weighted by atomic mass is 32.2. The van der Waals surface area contributed by atoms with Gasteiger partial charge in [0.05, 0.1) is 35.9 Å². The third-order valence-corrected chi connectivity index (χ3v) is 8.79. The van der Waals surface area contributed by atoms with Crippen LogP contribution in [0.3, 0.4) is 0 Å². The number of imidazole rings is 2. The first-order valence-corrected chi connectivity index (χ1v) is 16.5. The van der Waals surface area contributed by atoms with Crippen molar-refractivity contribution in [3.63, 3.8) is 0 Å². The van der Waals surface area contributed by atoms with Crippen molar-refractivity contribution in [3.05, 3.63) is 72.6 Å². The summed E-state index contributed by atoms with van der Waals surface area (Å²) in [6, 6.07) is 17.7. The molecule has 0 aliphatic rings. The van der Waals surface area contributed by atoms with Gasteiger partial charge in [-0.1, -0.05) is 100 Å². The molecule has 2 aromatic carbocycles. The molecule has 4 rings (SSSR count). The van der Waals surface area contributed by atoms with Gasteiger partial charge in [-0.2, -0.15) is 0 Å². The molecule has 6 nitrogen and oxygen atoms in total. The molecular weight excluding hydrogens is 557 g/mol. The van der Waals surface area contributed by atoms with Crippen molar-refractivity contribution >= 4 is 23.9 Å². The molecule has 0 fully saturated rings. The number of hydrogen-bond donors (Lipinski definition) is 4. The molecule has 0 aliphatic heterocycles. The summed E-state index contributed by atoms with van der Waals surface area (Å²) in [5.41, 5.74) is 6.69. The fraction of sp³-hybridized carbons (Fsp3) is 0.471. The number of nitrogens with zero attached hydrogens (tertiary/aromatic N) is 2. The SMILES string of the molecule is CC(C)[C@H](NSC(C)(C)C)c1ncc(-c2ccc(-c3ccc(-c4cnc([C@@H](NSC(C)(C)C)C(C)C)[nH]4)cc3)cc2)[nH]1. The molecule has 226 valence electrons. The van der Waals surface area contributed by atoms with Crippen molar-refractivity contribution in [1.82, 2.24) is 29.4 Å². The smallest absolute Gasteiger partial charge is 0.124 e. The van der Waals surface area contributed by atoms with Gasteiger partial charge in [-0.15, -0.1) is 0 Å². The third kappa shape index (κ3) is 8.75. The fourth-order valence-electron chi connectivity index (χ4n) is 4.46. The zero-order chi connectivity index (χ0) is 30.7. The molecule has 0 saturated carbocycles. The lowest BCUT2D eigenvalue weighted by molar-refractivity contribution is 0.465. The van der Waals surface area contributed by atoms with Crippen molar-refractivity contribution in [2.45, 2.75) is 90.8 Å². The second-order valence-corrected chi connectivity index (χ2v) is 17.0. The second-order valence-electron chi connectivity index (χ2n) is 13.6. The lowest BCUT2D eigenvalue weighted by Crippen LogP contribution is -2.26. The Labute approximate surface area is 261 Å². The average Bonchev–Trinajstić information content (AvgIpc) is 3.58. The molecule has 0 amide bonds. The first-order valence-electron chi connectivity index (χ1n) is 14.9. The minimum Gasteiger partial charge on any atom is -0.341 e. The summed E-state index contributed by atoms with van der Waals surface area (Å²) in [6.07, 6.45) is 3.88. The number of H-pyrrole nitrogens is 2. The Morgan fingerprint density at radius 2 is 0.857 bits per heavy atom. The van der Waals surface area contributed by atoms with Gasteiger partial charge in [0.1, 0.15) is 11.6 Å². The normalized spacial score (nSPS) is 14.1. The van der Waals surface area contributed by atoms with Gasteiger partial charge in [0.15, 0.2) is 0 Å². The standard InChI is InChI=1S/C34H48N6S2/c1-21(2)29(39-41-33(5,6)7)31-35-19-27(37-31)25-15-11-23(12-16-25)24-13-17-26(18-14-24)28-20-36-32(38-28)30(22(3)4)40-42-34(8,9)10/h11-22,29-30,39-40H,1-10H3,(H,35,37)(H,36,38)/t29-,30-/m0/s1. The minimum absolute atomic E-state index is 0.136. The van der Waals surface area contributed by atoms with Crippen LogP contribution in [0.2, 0.25) is 0 Å². The summed E-state index contributed by atoms with van der Waals surface area (Å²) in [4.78, 5) is 16.6. The fourth-order valence-corrected chi connectivity index (χ4v) is 6.19. The molecule has 0 spiro atoms. The number of aromatic nitrogens is 4. The van der Waals surface area contributed by atoms with E-state index in [1.165, 1.54) is 11.1 Å². The molecular formula is C34H48N6S2. The predicted molar refractivity (Wildman–Crippen MR) is 183 cm³/mol. The number of nitrogens with one attached hydrogen (secondary N) is 4. The van der Waals surface area contributed by atoms with Crippen LogP contribution in [-0.4, -0.2) is 29.4 Å². The molecule has 8 heteroatoms.